The zero-order chi connectivity index (χ0) is 19.1. The summed E-state index contributed by atoms with van der Waals surface area (Å²) in [5, 5.41) is 0. The molecule has 2 unspecified atom stereocenters. The van der Waals surface area contributed by atoms with Crippen molar-refractivity contribution in [1.82, 2.24) is 0 Å². The third-order valence-corrected chi connectivity index (χ3v) is 10.7. The molecule has 0 nitrogen and oxygen atoms in total. The van der Waals surface area contributed by atoms with Crippen LogP contribution in [0.25, 0.3) is 0 Å². The number of hydrogen-bond donors (Lipinski definition) is 0. The van der Waals surface area contributed by atoms with Gasteiger partial charge >= 0.3 is 0 Å². The van der Waals surface area contributed by atoms with E-state index in [-0.39, 0.29) is 0 Å². The summed E-state index contributed by atoms with van der Waals surface area (Å²) in [6.07, 6.45) is 12.0. The summed E-state index contributed by atoms with van der Waals surface area (Å²) in [7, 11) is 0. The van der Waals surface area contributed by atoms with Crippen molar-refractivity contribution in [3.05, 3.63) is 0 Å². The fourth-order valence-electron chi connectivity index (χ4n) is 8.41. The van der Waals surface area contributed by atoms with Crippen molar-refractivity contribution in [3.63, 3.8) is 0 Å². The molecule has 150 valence electrons. The van der Waals surface area contributed by atoms with Crippen molar-refractivity contribution in [2.75, 3.05) is 0 Å². The summed E-state index contributed by atoms with van der Waals surface area (Å²) in [4.78, 5) is 0. The largest absolute Gasteiger partial charge is 0.0596 e. The fourth-order valence-corrected chi connectivity index (χ4v) is 8.41. The third-order valence-electron chi connectivity index (χ3n) is 10.7. The highest BCUT2D eigenvalue weighted by atomic mass is 14.6. The second kappa shape index (κ2) is 5.76. The Balaban J connectivity index is 1.62. The Morgan fingerprint density at radius 3 is 0.769 bits per heavy atom. The number of rotatable bonds is 0. The van der Waals surface area contributed by atoms with Gasteiger partial charge in [0.1, 0.15) is 0 Å². The lowest BCUT2D eigenvalue weighted by molar-refractivity contribution is -0.133. The highest BCUT2D eigenvalue weighted by molar-refractivity contribution is 5.07. The molecule has 0 aromatic carbocycles. The molecule has 4 saturated carbocycles. The van der Waals surface area contributed by atoms with E-state index in [9.17, 15) is 0 Å². The maximum absolute atomic E-state index is 2.60. The van der Waals surface area contributed by atoms with Crippen LogP contribution < -0.4 is 0 Å². The first-order valence-corrected chi connectivity index (χ1v) is 11.8. The Bertz CT molecular complexity index is 450. The molecule has 0 heterocycles. The Hall–Kier alpha value is 0. The first-order valence-electron chi connectivity index (χ1n) is 11.8. The van der Waals surface area contributed by atoms with Crippen molar-refractivity contribution >= 4 is 0 Å². The second-order valence-corrected chi connectivity index (χ2v) is 13.8. The molecule has 0 aromatic heterocycles. The van der Waals surface area contributed by atoms with E-state index in [1.807, 2.05) is 0 Å². The lowest BCUT2D eigenvalue weighted by Crippen LogP contribution is -2.54. The summed E-state index contributed by atoms with van der Waals surface area (Å²) in [6.45, 7) is 20.8. The summed E-state index contributed by atoms with van der Waals surface area (Å²) in [5.74, 6) is 5.96. The van der Waals surface area contributed by atoms with Gasteiger partial charge < -0.3 is 0 Å². The average Bonchev–Trinajstić information content (AvgIpc) is 2.54. The van der Waals surface area contributed by atoms with Gasteiger partial charge in [-0.05, 0) is 109 Å². The van der Waals surface area contributed by atoms with Gasteiger partial charge in [-0.15, -0.1) is 0 Å². The molecule has 0 bridgehead atoms. The fraction of sp³-hybridized carbons (Fsp3) is 1.00. The van der Waals surface area contributed by atoms with Crippen LogP contribution >= 0.6 is 0 Å². The van der Waals surface area contributed by atoms with Crippen molar-refractivity contribution < 1.29 is 0 Å². The van der Waals surface area contributed by atoms with Crippen molar-refractivity contribution in [3.8, 4) is 0 Å². The molecule has 4 rings (SSSR count). The van der Waals surface area contributed by atoms with E-state index >= 15 is 0 Å². The minimum Gasteiger partial charge on any atom is -0.0596 e. The van der Waals surface area contributed by atoms with E-state index in [1.165, 1.54) is 25.7 Å². The molecular formula is C26H46. The Labute approximate surface area is 164 Å². The molecule has 0 aromatic rings. The standard InChI is InChI=1S/C26H46/c1-23(2)9-10-24(3,4)20-14-18-16-22-21(15-17(18)13-19(20)23)25(5,6)11-12-26(22,7)8/h17-22H,9-16H2,1-8H3/t17?,18?,19-,20-,21+,22+. The van der Waals surface area contributed by atoms with Crippen LogP contribution in [-0.4, -0.2) is 0 Å². The van der Waals surface area contributed by atoms with Gasteiger partial charge in [0, 0.05) is 0 Å². The third kappa shape index (κ3) is 2.91. The van der Waals surface area contributed by atoms with Gasteiger partial charge in [0.25, 0.3) is 0 Å². The van der Waals surface area contributed by atoms with Gasteiger partial charge in [0.05, 0.1) is 0 Å². The molecule has 4 aliphatic carbocycles. The monoisotopic (exact) mass is 358 g/mol. The van der Waals surface area contributed by atoms with Gasteiger partial charge in [-0.3, -0.25) is 0 Å². The van der Waals surface area contributed by atoms with Crippen LogP contribution in [0.1, 0.15) is 107 Å². The Kier molecular flexibility index (Phi) is 4.28. The first-order chi connectivity index (χ1) is 11.8. The van der Waals surface area contributed by atoms with Crippen LogP contribution in [0.4, 0.5) is 0 Å². The highest BCUT2D eigenvalue weighted by Crippen LogP contribution is 2.66. The van der Waals surface area contributed by atoms with Crippen LogP contribution in [0.2, 0.25) is 0 Å². The van der Waals surface area contributed by atoms with E-state index in [4.69, 9.17) is 0 Å². The molecule has 0 heteroatoms. The second-order valence-electron chi connectivity index (χ2n) is 13.8. The van der Waals surface area contributed by atoms with Crippen molar-refractivity contribution in [2.45, 2.75) is 107 Å². The van der Waals surface area contributed by atoms with Crippen molar-refractivity contribution in [1.29, 1.82) is 0 Å². The zero-order valence-corrected chi connectivity index (χ0v) is 19.1. The molecular weight excluding hydrogens is 312 g/mol. The van der Waals surface area contributed by atoms with Gasteiger partial charge in [-0.1, -0.05) is 55.4 Å². The van der Waals surface area contributed by atoms with Crippen LogP contribution in [-0.2, 0) is 0 Å². The van der Waals surface area contributed by atoms with E-state index in [0.29, 0.717) is 21.7 Å². The Morgan fingerprint density at radius 1 is 0.385 bits per heavy atom. The van der Waals surface area contributed by atoms with Crippen molar-refractivity contribution in [2.24, 2.45) is 57.2 Å². The molecule has 0 saturated heterocycles. The lowest BCUT2D eigenvalue weighted by atomic mass is 9.42. The maximum Gasteiger partial charge on any atom is -0.0323 e. The topological polar surface area (TPSA) is 0 Å². The van der Waals surface area contributed by atoms with E-state index in [0.717, 1.165) is 35.5 Å². The SMILES string of the molecule is CC1(C)CCC(C)(C)[C@@H]2CC3C[C@H]4[C@H](CC3C[C@H]21)C(C)(C)CCC4(C)C. The summed E-state index contributed by atoms with van der Waals surface area (Å²) >= 11 is 0. The molecule has 0 amide bonds. The zero-order valence-electron chi connectivity index (χ0n) is 19.1. The van der Waals surface area contributed by atoms with Gasteiger partial charge in [-0.25, -0.2) is 0 Å². The molecule has 26 heavy (non-hydrogen) atoms. The lowest BCUT2D eigenvalue weighted by Gasteiger charge is -2.63. The first kappa shape index (κ1) is 19.3. The van der Waals surface area contributed by atoms with Crippen LogP contribution in [0.3, 0.4) is 0 Å². The number of fused-ring (bicyclic) bond motifs is 3. The highest BCUT2D eigenvalue weighted by Gasteiger charge is 2.57. The normalized spacial score (nSPS) is 48.0. The van der Waals surface area contributed by atoms with E-state index in [1.54, 1.807) is 25.7 Å². The average molecular weight is 359 g/mol. The van der Waals surface area contributed by atoms with Gasteiger partial charge in [-0.2, -0.15) is 0 Å². The van der Waals surface area contributed by atoms with Crippen LogP contribution in [0.15, 0.2) is 0 Å². The molecule has 0 radical (unpaired) electrons. The molecule has 0 N–H and O–H groups in total. The van der Waals surface area contributed by atoms with E-state index in [2.05, 4.69) is 55.4 Å². The molecule has 0 spiro atoms. The summed E-state index contributed by atoms with van der Waals surface area (Å²) < 4.78 is 0. The predicted octanol–water partition coefficient (Wildman–Crippen LogP) is 7.96. The minimum absolute atomic E-state index is 0.573. The van der Waals surface area contributed by atoms with Gasteiger partial charge in [0.2, 0.25) is 0 Å². The molecule has 6 atom stereocenters. The minimum atomic E-state index is 0.573. The number of hydrogen-bond acceptors (Lipinski definition) is 0. The van der Waals surface area contributed by atoms with Gasteiger partial charge in [0.15, 0.2) is 0 Å². The Morgan fingerprint density at radius 2 is 0.577 bits per heavy atom. The quantitative estimate of drug-likeness (QED) is 0.412. The summed E-state index contributed by atoms with van der Waals surface area (Å²) in [5.41, 5.74) is 2.29. The van der Waals surface area contributed by atoms with Crippen LogP contribution in [0, 0.1) is 57.2 Å². The predicted molar refractivity (Wildman–Crippen MR) is 113 cm³/mol. The molecule has 4 aliphatic rings. The smallest absolute Gasteiger partial charge is 0.0323 e. The van der Waals surface area contributed by atoms with Crippen LogP contribution in [0.5, 0.6) is 0 Å². The summed E-state index contributed by atoms with van der Waals surface area (Å²) in [6, 6.07) is 0. The molecule has 4 fully saturated rings. The maximum atomic E-state index is 2.60. The van der Waals surface area contributed by atoms with E-state index < -0.39 is 0 Å². The molecule has 0 aliphatic heterocycles.